The van der Waals surface area contributed by atoms with Crippen LogP contribution in [-0.2, 0) is 4.79 Å². The molecule has 1 aromatic carbocycles. The predicted molar refractivity (Wildman–Crippen MR) is 60.2 cm³/mol. The fraction of sp³-hybridized carbons (Fsp3) is 0. The van der Waals surface area contributed by atoms with Gasteiger partial charge in [-0.3, -0.25) is 0 Å². The van der Waals surface area contributed by atoms with Crippen LogP contribution >= 0.6 is 0 Å². The molecule has 0 spiro atoms. The van der Waals surface area contributed by atoms with Crippen molar-refractivity contribution in [2.24, 2.45) is 0 Å². The minimum atomic E-state index is -1.07. The Hall–Kier alpha value is -2.43. The Morgan fingerprint density at radius 1 is 1.41 bits per heavy atom. The molecule has 1 heterocycles. The summed E-state index contributed by atoms with van der Waals surface area (Å²) in [5.74, 6) is -1.52. The molecule has 0 aliphatic carbocycles. The molecule has 0 bridgehead atoms. The topological polar surface area (TPSA) is 55.1 Å². The molecule has 2 aromatic rings. The van der Waals surface area contributed by atoms with Gasteiger partial charge in [0.15, 0.2) is 0 Å². The minimum absolute atomic E-state index is 0.442. The van der Waals surface area contributed by atoms with Crippen molar-refractivity contribution in [3.05, 3.63) is 54.1 Å². The van der Waals surface area contributed by atoms with E-state index in [0.29, 0.717) is 11.3 Å². The Kier molecular flexibility index (Phi) is 3.00. The van der Waals surface area contributed by atoms with Crippen LogP contribution in [0.15, 0.2) is 42.7 Å². The van der Waals surface area contributed by atoms with E-state index in [2.05, 4.69) is 5.10 Å². The third-order valence-corrected chi connectivity index (χ3v) is 2.09. The van der Waals surface area contributed by atoms with Gasteiger partial charge in [0.05, 0.1) is 5.69 Å². The maximum atomic E-state index is 13.3. The fourth-order valence-electron chi connectivity index (χ4n) is 1.41. The summed E-state index contributed by atoms with van der Waals surface area (Å²) in [6.07, 6.45) is 5.55. The molecule has 0 aliphatic heterocycles. The van der Waals surface area contributed by atoms with Crippen LogP contribution in [0.3, 0.4) is 0 Å². The number of hydrogen-bond acceptors (Lipinski definition) is 2. The van der Waals surface area contributed by atoms with Crippen molar-refractivity contribution in [3.8, 4) is 5.69 Å². The highest BCUT2D eigenvalue weighted by molar-refractivity contribution is 5.85. The fourth-order valence-corrected chi connectivity index (χ4v) is 1.41. The molecule has 0 radical (unpaired) electrons. The first-order valence-electron chi connectivity index (χ1n) is 4.87. The van der Waals surface area contributed by atoms with E-state index in [0.717, 1.165) is 6.08 Å². The van der Waals surface area contributed by atoms with Crippen LogP contribution in [0, 0.1) is 5.82 Å². The standard InChI is InChI=1S/C12H9FN2O2/c13-10-6-9(2-3-12(16)17)7-11(8-10)15-5-1-4-14-15/h1-8H,(H,16,17)/b3-2+. The number of aliphatic carboxylic acids is 1. The largest absolute Gasteiger partial charge is 0.478 e. The Morgan fingerprint density at radius 2 is 2.24 bits per heavy atom. The van der Waals surface area contributed by atoms with E-state index in [-0.39, 0.29) is 0 Å². The molecule has 0 amide bonds. The van der Waals surface area contributed by atoms with Crippen molar-refractivity contribution >= 4 is 12.0 Å². The summed E-state index contributed by atoms with van der Waals surface area (Å²) >= 11 is 0. The molecule has 17 heavy (non-hydrogen) atoms. The van der Waals surface area contributed by atoms with Gasteiger partial charge in [0.25, 0.3) is 0 Å². The Balaban J connectivity index is 2.39. The first kappa shape index (κ1) is 11.1. The zero-order valence-corrected chi connectivity index (χ0v) is 8.75. The van der Waals surface area contributed by atoms with Crippen LogP contribution in [0.5, 0.6) is 0 Å². The van der Waals surface area contributed by atoms with Gasteiger partial charge in [-0.2, -0.15) is 5.10 Å². The van der Waals surface area contributed by atoms with Gasteiger partial charge in [0.1, 0.15) is 5.82 Å². The molecule has 0 saturated carbocycles. The van der Waals surface area contributed by atoms with Crippen LogP contribution in [0.4, 0.5) is 4.39 Å². The Morgan fingerprint density at radius 3 is 2.88 bits per heavy atom. The lowest BCUT2D eigenvalue weighted by Crippen LogP contribution is -1.96. The summed E-state index contributed by atoms with van der Waals surface area (Å²) in [7, 11) is 0. The SMILES string of the molecule is O=C(O)/C=C/c1cc(F)cc(-n2cccn2)c1. The molecule has 5 heteroatoms. The summed E-state index contributed by atoms with van der Waals surface area (Å²) in [6, 6.07) is 5.95. The molecule has 1 aromatic heterocycles. The van der Waals surface area contributed by atoms with E-state index in [4.69, 9.17) is 5.11 Å². The van der Waals surface area contributed by atoms with E-state index in [1.54, 1.807) is 24.5 Å². The lowest BCUT2D eigenvalue weighted by Gasteiger charge is -2.03. The number of carbonyl (C=O) groups is 1. The number of hydrogen-bond donors (Lipinski definition) is 1. The lowest BCUT2D eigenvalue weighted by molar-refractivity contribution is -0.131. The van der Waals surface area contributed by atoms with Gasteiger partial charge < -0.3 is 5.11 Å². The molecule has 86 valence electrons. The van der Waals surface area contributed by atoms with Crippen LogP contribution in [-0.4, -0.2) is 20.9 Å². The molecule has 0 saturated heterocycles. The average molecular weight is 232 g/mol. The lowest BCUT2D eigenvalue weighted by atomic mass is 10.2. The van der Waals surface area contributed by atoms with Gasteiger partial charge in [0, 0.05) is 18.5 Å². The van der Waals surface area contributed by atoms with E-state index >= 15 is 0 Å². The first-order chi connectivity index (χ1) is 8.15. The average Bonchev–Trinajstić information content (AvgIpc) is 2.79. The normalized spacial score (nSPS) is 10.9. The van der Waals surface area contributed by atoms with Gasteiger partial charge in [-0.15, -0.1) is 0 Å². The molecule has 0 aliphatic rings. The van der Waals surface area contributed by atoms with Gasteiger partial charge in [-0.25, -0.2) is 13.9 Å². The number of carboxylic acids is 1. The van der Waals surface area contributed by atoms with E-state index < -0.39 is 11.8 Å². The van der Waals surface area contributed by atoms with Gasteiger partial charge in [-0.1, -0.05) is 0 Å². The summed E-state index contributed by atoms with van der Waals surface area (Å²) in [6.45, 7) is 0. The summed E-state index contributed by atoms with van der Waals surface area (Å²) in [5, 5.41) is 12.5. The summed E-state index contributed by atoms with van der Waals surface area (Å²) in [4.78, 5) is 10.4. The number of carboxylic acid groups (broad SMARTS) is 1. The van der Waals surface area contributed by atoms with Gasteiger partial charge in [0.2, 0.25) is 0 Å². The maximum Gasteiger partial charge on any atom is 0.328 e. The molecule has 4 nitrogen and oxygen atoms in total. The maximum absolute atomic E-state index is 13.3. The van der Waals surface area contributed by atoms with Gasteiger partial charge in [-0.05, 0) is 35.9 Å². The van der Waals surface area contributed by atoms with Crippen molar-refractivity contribution in [2.75, 3.05) is 0 Å². The highest BCUT2D eigenvalue weighted by atomic mass is 19.1. The monoisotopic (exact) mass is 232 g/mol. The minimum Gasteiger partial charge on any atom is -0.478 e. The molecular formula is C12H9FN2O2. The molecule has 0 atom stereocenters. The van der Waals surface area contributed by atoms with Crippen LogP contribution < -0.4 is 0 Å². The number of aromatic nitrogens is 2. The van der Waals surface area contributed by atoms with Crippen LogP contribution in [0.1, 0.15) is 5.56 Å². The van der Waals surface area contributed by atoms with Crippen LogP contribution in [0.2, 0.25) is 0 Å². The van der Waals surface area contributed by atoms with Crippen molar-refractivity contribution in [2.45, 2.75) is 0 Å². The zero-order chi connectivity index (χ0) is 12.3. The van der Waals surface area contributed by atoms with Crippen molar-refractivity contribution < 1.29 is 14.3 Å². The third kappa shape index (κ3) is 2.78. The predicted octanol–water partition coefficient (Wildman–Crippen LogP) is 2.11. The summed E-state index contributed by atoms with van der Waals surface area (Å²) in [5.41, 5.74) is 1.01. The Bertz CT molecular complexity index is 562. The molecule has 2 rings (SSSR count). The quantitative estimate of drug-likeness (QED) is 0.824. The Labute approximate surface area is 96.6 Å². The van der Waals surface area contributed by atoms with E-state index in [9.17, 15) is 9.18 Å². The van der Waals surface area contributed by atoms with Gasteiger partial charge >= 0.3 is 5.97 Å². The number of rotatable bonds is 3. The zero-order valence-electron chi connectivity index (χ0n) is 8.75. The molecule has 0 fully saturated rings. The molecule has 0 unspecified atom stereocenters. The second-order valence-electron chi connectivity index (χ2n) is 3.36. The highest BCUT2D eigenvalue weighted by Gasteiger charge is 2.01. The number of benzene rings is 1. The first-order valence-corrected chi connectivity index (χ1v) is 4.87. The second kappa shape index (κ2) is 4.61. The highest BCUT2D eigenvalue weighted by Crippen LogP contribution is 2.14. The molecular weight excluding hydrogens is 223 g/mol. The van der Waals surface area contributed by atoms with Crippen LogP contribution in [0.25, 0.3) is 11.8 Å². The second-order valence-corrected chi connectivity index (χ2v) is 3.36. The van der Waals surface area contributed by atoms with E-state index in [1.807, 2.05) is 0 Å². The van der Waals surface area contributed by atoms with Crippen molar-refractivity contribution in [3.63, 3.8) is 0 Å². The summed E-state index contributed by atoms with van der Waals surface area (Å²) < 4.78 is 14.8. The third-order valence-electron chi connectivity index (χ3n) is 2.09. The number of halogens is 1. The van der Waals surface area contributed by atoms with E-state index in [1.165, 1.54) is 22.9 Å². The number of nitrogens with zero attached hydrogens (tertiary/aromatic N) is 2. The smallest absolute Gasteiger partial charge is 0.328 e. The van der Waals surface area contributed by atoms with Crippen molar-refractivity contribution in [1.29, 1.82) is 0 Å². The molecule has 1 N–H and O–H groups in total. The van der Waals surface area contributed by atoms with Crippen molar-refractivity contribution in [1.82, 2.24) is 9.78 Å².